The Morgan fingerprint density at radius 3 is 2.52 bits per heavy atom. The molecule has 3 saturated heterocycles. The monoisotopic (exact) mass is 352 g/mol. The Balaban J connectivity index is 1.42. The van der Waals surface area contributed by atoms with Crippen LogP contribution in [-0.4, -0.2) is 84.1 Å². The third kappa shape index (κ3) is 3.87. The minimum Gasteiger partial charge on any atom is -0.389 e. The molecule has 25 heavy (non-hydrogen) atoms. The number of β-amino-alcohol motifs (C(OH)–C–C–N with tert-alkyl or cyclic N) is 1. The molecule has 1 aliphatic carbocycles. The quantitative estimate of drug-likeness (QED) is 0.773. The normalized spacial score (nSPS) is 34.8. The van der Waals surface area contributed by atoms with E-state index in [4.69, 9.17) is 9.47 Å². The van der Waals surface area contributed by atoms with Crippen LogP contribution in [0.15, 0.2) is 0 Å². The number of nitrogens with zero attached hydrogens (tertiary/aromatic N) is 2. The van der Waals surface area contributed by atoms with Gasteiger partial charge in [0.2, 0.25) is 5.91 Å². The highest BCUT2D eigenvalue weighted by Gasteiger charge is 2.47. The van der Waals surface area contributed by atoms with E-state index in [0.29, 0.717) is 6.04 Å². The van der Waals surface area contributed by atoms with E-state index in [1.54, 1.807) is 0 Å². The predicted molar refractivity (Wildman–Crippen MR) is 93.3 cm³/mol. The molecule has 6 nitrogen and oxygen atoms in total. The number of hydrogen-bond acceptors (Lipinski definition) is 5. The molecule has 3 heterocycles. The van der Waals surface area contributed by atoms with Crippen LogP contribution in [0.25, 0.3) is 0 Å². The van der Waals surface area contributed by atoms with Gasteiger partial charge >= 0.3 is 0 Å². The first kappa shape index (κ1) is 17.7. The lowest BCUT2D eigenvalue weighted by Crippen LogP contribution is -2.59. The SMILES string of the molecule is O=C1CO[C@H]2CN(CC3(O)CCCCCC3)C[C@@H]2N1C1CCOCC1. The molecule has 4 rings (SSSR count). The summed E-state index contributed by atoms with van der Waals surface area (Å²) < 4.78 is 11.3. The molecule has 4 aliphatic rings. The van der Waals surface area contributed by atoms with E-state index in [1.807, 2.05) is 0 Å². The van der Waals surface area contributed by atoms with Gasteiger partial charge < -0.3 is 19.5 Å². The number of morpholine rings is 1. The van der Waals surface area contributed by atoms with Crippen LogP contribution >= 0.6 is 0 Å². The van der Waals surface area contributed by atoms with Crippen molar-refractivity contribution in [1.29, 1.82) is 0 Å². The van der Waals surface area contributed by atoms with E-state index >= 15 is 0 Å². The molecule has 0 aromatic rings. The molecule has 0 aromatic heterocycles. The lowest BCUT2D eigenvalue weighted by molar-refractivity contribution is -0.159. The highest BCUT2D eigenvalue weighted by Crippen LogP contribution is 2.32. The smallest absolute Gasteiger partial charge is 0.249 e. The van der Waals surface area contributed by atoms with Crippen LogP contribution < -0.4 is 0 Å². The van der Waals surface area contributed by atoms with Crippen LogP contribution in [0.3, 0.4) is 0 Å². The fourth-order valence-electron chi connectivity index (χ4n) is 5.23. The summed E-state index contributed by atoms with van der Waals surface area (Å²) in [5, 5.41) is 11.0. The number of fused-ring (bicyclic) bond motifs is 1. The van der Waals surface area contributed by atoms with Crippen LogP contribution in [0.1, 0.15) is 51.4 Å². The summed E-state index contributed by atoms with van der Waals surface area (Å²) in [4.78, 5) is 17.0. The van der Waals surface area contributed by atoms with Crippen molar-refractivity contribution in [2.24, 2.45) is 0 Å². The van der Waals surface area contributed by atoms with Gasteiger partial charge in [0, 0.05) is 38.9 Å². The summed E-state index contributed by atoms with van der Waals surface area (Å²) in [6.07, 6.45) is 8.49. The van der Waals surface area contributed by atoms with Gasteiger partial charge in [-0.25, -0.2) is 0 Å². The Hall–Kier alpha value is -0.690. The average Bonchev–Trinajstić information content (AvgIpc) is 2.87. The van der Waals surface area contributed by atoms with E-state index in [1.165, 1.54) is 12.8 Å². The third-order valence-electron chi connectivity index (χ3n) is 6.52. The molecular formula is C19H32N2O4. The zero-order valence-corrected chi connectivity index (χ0v) is 15.2. The van der Waals surface area contributed by atoms with E-state index in [2.05, 4.69) is 9.80 Å². The van der Waals surface area contributed by atoms with Crippen molar-refractivity contribution in [3.8, 4) is 0 Å². The van der Waals surface area contributed by atoms with Gasteiger partial charge in [0.1, 0.15) is 6.61 Å². The minimum absolute atomic E-state index is 0.0925. The summed E-state index contributed by atoms with van der Waals surface area (Å²) in [5.74, 6) is 0.128. The molecule has 0 unspecified atom stereocenters. The molecule has 1 saturated carbocycles. The van der Waals surface area contributed by atoms with Gasteiger partial charge in [-0.05, 0) is 25.7 Å². The Morgan fingerprint density at radius 1 is 1.08 bits per heavy atom. The molecule has 4 fully saturated rings. The van der Waals surface area contributed by atoms with Crippen molar-refractivity contribution in [2.75, 3.05) is 39.5 Å². The van der Waals surface area contributed by atoms with Gasteiger partial charge in [-0.3, -0.25) is 9.69 Å². The summed E-state index contributed by atoms with van der Waals surface area (Å²) in [6, 6.07) is 0.428. The second-order valence-electron chi connectivity index (χ2n) is 8.39. The summed E-state index contributed by atoms with van der Waals surface area (Å²) in [6.45, 7) is 4.08. The maximum Gasteiger partial charge on any atom is 0.249 e. The second kappa shape index (κ2) is 7.51. The first-order chi connectivity index (χ1) is 12.1. The Morgan fingerprint density at radius 2 is 1.80 bits per heavy atom. The zero-order valence-electron chi connectivity index (χ0n) is 15.2. The molecule has 1 amide bonds. The van der Waals surface area contributed by atoms with Gasteiger partial charge in [0.25, 0.3) is 0 Å². The number of carbonyl (C=O) groups is 1. The van der Waals surface area contributed by atoms with E-state index in [9.17, 15) is 9.90 Å². The highest BCUT2D eigenvalue weighted by atomic mass is 16.5. The highest BCUT2D eigenvalue weighted by molar-refractivity contribution is 5.79. The van der Waals surface area contributed by atoms with Crippen molar-refractivity contribution in [2.45, 2.75) is 75.2 Å². The second-order valence-corrected chi connectivity index (χ2v) is 8.39. The van der Waals surface area contributed by atoms with Crippen molar-refractivity contribution in [3.63, 3.8) is 0 Å². The number of hydrogen-bond donors (Lipinski definition) is 1. The lowest BCUT2D eigenvalue weighted by Gasteiger charge is -2.43. The van der Waals surface area contributed by atoms with E-state index < -0.39 is 5.60 Å². The average molecular weight is 352 g/mol. The Labute approximate surface area is 150 Å². The van der Waals surface area contributed by atoms with Crippen LogP contribution in [0.4, 0.5) is 0 Å². The molecule has 0 bridgehead atoms. The molecule has 2 atom stereocenters. The van der Waals surface area contributed by atoms with Gasteiger partial charge in [0.05, 0.1) is 17.7 Å². The van der Waals surface area contributed by atoms with Crippen molar-refractivity contribution >= 4 is 5.91 Å². The van der Waals surface area contributed by atoms with Gasteiger partial charge in [0.15, 0.2) is 0 Å². The molecule has 1 N–H and O–H groups in total. The molecule has 0 spiro atoms. The summed E-state index contributed by atoms with van der Waals surface area (Å²) in [7, 11) is 0. The van der Waals surface area contributed by atoms with Crippen molar-refractivity contribution in [1.82, 2.24) is 9.80 Å². The van der Waals surface area contributed by atoms with Crippen LogP contribution in [0, 0.1) is 0 Å². The molecular weight excluding hydrogens is 320 g/mol. The number of rotatable bonds is 3. The van der Waals surface area contributed by atoms with Crippen LogP contribution in [0.5, 0.6) is 0 Å². The lowest BCUT2D eigenvalue weighted by atomic mass is 9.94. The topological polar surface area (TPSA) is 62.2 Å². The minimum atomic E-state index is -0.558. The first-order valence-corrected chi connectivity index (χ1v) is 10.1. The molecule has 142 valence electrons. The van der Waals surface area contributed by atoms with Crippen LogP contribution in [-0.2, 0) is 14.3 Å². The number of carbonyl (C=O) groups excluding carboxylic acids is 1. The fourth-order valence-corrected chi connectivity index (χ4v) is 5.23. The molecule has 6 heteroatoms. The maximum absolute atomic E-state index is 12.5. The number of aliphatic hydroxyl groups is 1. The standard InChI is InChI=1S/C19H32N2O4/c22-18-13-25-17-12-20(14-19(23)7-3-1-2-4-8-19)11-16(17)21(18)15-5-9-24-10-6-15/h15-17,23H,1-14H2/t16-,17-/m0/s1. The number of likely N-dealkylation sites (tertiary alicyclic amines) is 1. The summed E-state index contributed by atoms with van der Waals surface area (Å²) >= 11 is 0. The summed E-state index contributed by atoms with van der Waals surface area (Å²) in [5.41, 5.74) is -0.558. The van der Waals surface area contributed by atoms with Crippen molar-refractivity contribution in [3.05, 3.63) is 0 Å². The number of amides is 1. The van der Waals surface area contributed by atoms with Gasteiger partial charge in [-0.15, -0.1) is 0 Å². The van der Waals surface area contributed by atoms with E-state index in [0.717, 1.165) is 71.4 Å². The first-order valence-electron chi connectivity index (χ1n) is 10.1. The Bertz CT molecular complexity index is 472. The van der Waals surface area contributed by atoms with Crippen molar-refractivity contribution < 1.29 is 19.4 Å². The zero-order chi connectivity index (χ0) is 17.3. The van der Waals surface area contributed by atoms with Gasteiger partial charge in [-0.1, -0.05) is 25.7 Å². The number of ether oxygens (including phenoxy) is 2. The molecule has 0 aromatic carbocycles. The van der Waals surface area contributed by atoms with Crippen LogP contribution in [0.2, 0.25) is 0 Å². The predicted octanol–water partition coefficient (Wildman–Crippen LogP) is 1.16. The Kier molecular flexibility index (Phi) is 5.32. The molecule has 3 aliphatic heterocycles. The third-order valence-corrected chi connectivity index (χ3v) is 6.52. The fraction of sp³-hybridized carbons (Fsp3) is 0.947. The van der Waals surface area contributed by atoms with E-state index in [-0.39, 0.29) is 24.7 Å². The largest absolute Gasteiger partial charge is 0.389 e. The van der Waals surface area contributed by atoms with Gasteiger partial charge in [-0.2, -0.15) is 0 Å². The molecule has 0 radical (unpaired) electrons. The maximum atomic E-state index is 12.5.